The molecule has 0 aromatic heterocycles. The fourth-order valence-corrected chi connectivity index (χ4v) is 2.47. The zero-order valence-electron chi connectivity index (χ0n) is 9.88. The molecule has 0 aliphatic carbocycles. The molecule has 0 fully saturated rings. The number of amides is 1. The van der Waals surface area contributed by atoms with E-state index in [0.717, 1.165) is 10.9 Å². The Morgan fingerprint density at radius 2 is 2.28 bits per heavy atom. The summed E-state index contributed by atoms with van der Waals surface area (Å²) >= 11 is 12.7. The third kappa shape index (κ3) is 5.26. The molecule has 100 valence electrons. The van der Waals surface area contributed by atoms with Gasteiger partial charge in [0.1, 0.15) is 0 Å². The van der Waals surface area contributed by atoms with Crippen molar-refractivity contribution < 1.29 is 9.53 Å². The van der Waals surface area contributed by atoms with E-state index in [-0.39, 0.29) is 10.7 Å². The molecule has 0 heterocycles. The smallest absolute Gasteiger partial charge is 0.252 e. The molecule has 0 aliphatic heterocycles. The summed E-state index contributed by atoms with van der Waals surface area (Å²) in [4.78, 5) is 12.2. The SMILES string of the molecule is COCC(Br)CCNC(=O)c1cc(Cl)ccc1Br. The van der Waals surface area contributed by atoms with Gasteiger partial charge in [-0.2, -0.15) is 0 Å². The van der Waals surface area contributed by atoms with Crippen LogP contribution in [-0.2, 0) is 4.74 Å². The second-order valence-electron chi connectivity index (χ2n) is 3.72. The van der Waals surface area contributed by atoms with Crippen molar-refractivity contribution in [2.45, 2.75) is 11.2 Å². The molecule has 3 nitrogen and oxygen atoms in total. The Labute approximate surface area is 128 Å². The molecule has 0 saturated heterocycles. The molecule has 0 spiro atoms. The van der Waals surface area contributed by atoms with Gasteiger partial charge in [0.15, 0.2) is 0 Å². The Hall–Kier alpha value is -0.100. The van der Waals surface area contributed by atoms with Gasteiger partial charge in [-0.15, -0.1) is 0 Å². The summed E-state index contributed by atoms with van der Waals surface area (Å²) in [7, 11) is 1.65. The van der Waals surface area contributed by atoms with E-state index in [1.807, 2.05) is 0 Å². The maximum atomic E-state index is 11.9. The van der Waals surface area contributed by atoms with Gasteiger partial charge in [-0.3, -0.25) is 4.79 Å². The molecular formula is C12H14Br2ClNO2. The second kappa shape index (κ2) is 8.15. The molecule has 1 N–H and O–H groups in total. The van der Waals surface area contributed by atoms with Gasteiger partial charge < -0.3 is 10.1 Å². The maximum Gasteiger partial charge on any atom is 0.252 e. The van der Waals surface area contributed by atoms with Gasteiger partial charge in [0.05, 0.1) is 12.2 Å². The van der Waals surface area contributed by atoms with E-state index in [9.17, 15) is 4.79 Å². The van der Waals surface area contributed by atoms with E-state index in [1.54, 1.807) is 25.3 Å². The van der Waals surface area contributed by atoms with Crippen molar-refractivity contribution in [2.24, 2.45) is 0 Å². The highest BCUT2D eigenvalue weighted by molar-refractivity contribution is 9.10. The van der Waals surface area contributed by atoms with Crippen LogP contribution in [0.4, 0.5) is 0 Å². The van der Waals surface area contributed by atoms with Crippen molar-refractivity contribution in [2.75, 3.05) is 20.3 Å². The van der Waals surface area contributed by atoms with E-state index >= 15 is 0 Å². The Bertz CT molecular complexity index is 415. The topological polar surface area (TPSA) is 38.3 Å². The second-order valence-corrected chi connectivity index (χ2v) is 6.31. The van der Waals surface area contributed by atoms with Gasteiger partial charge in [-0.25, -0.2) is 0 Å². The molecule has 1 rings (SSSR count). The van der Waals surface area contributed by atoms with Crippen LogP contribution in [0.25, 0.3) is 0 Å². The lowest BCUT2D eigenvalue weighted by molar-refractivity contribution is 0.0951. The molecule has 1 aromatic carbocycles. The maximum absolute atomic E-state index is 11.9. The van der Waals surface area contributed by atoms with Gasteiger partial charge in [0, 0.05) is 28.0 Å². The van der Waals surface area contributed by atoms with Crippen LogP contribution >= 0.6 is 43.5 Å². The quantitative estimate of drug-likeness (QED) is 0.742. The van der Waals surface area contributed by atoms with Crippen molar-refractivity contribution in [3.8, 4) is 0 Å². The first-order chi connectivity index (χ1) is 8.54. The molecule has 0 radical (unpaired) electrons. The van der Waals surface area contributed by atoms with Crippen LogP contribution in [0.15, 0.2) is 22.7 Å². The summed E-state index contributed by atoms with van der Waals surface area (Å²) in [5.41, 5.74) is 0.542. The Kier molecular flexibility index (Phi) is 7.22. The summed E-state index contributed by atoms with van der Waals surface area (Å²) in [6, 6.07) is 5.13. The van der Waals surface area contributed by atoms with E-state index in [1.165, 1.54) is 0 Å². The van der Waals surface area contributed by atoms with Crippen molar-refractivity contribution in [3.63, 3.8) is 0 Å². The number of hydrogen-bond acceptors (Lipinski definition) is 2. The summed E-state index contributed by atoms with van der Waals surface area (Å²) in [6.45, 7) is 1.20. The van der Waals surface area contributed by atoms with Crippen LogP contribution in [0.2, 0.25) is 5.02 Å². The fraction of sp³-hybridized carbons (Fsp3) is 0.417. The zero-order valence-corrected chi connectivity index (χ0v) is 13.8. The number of halogens is 3. The molecule has 0 aliphatic rings. The standard InChI is InChI=1S/C12H14Br2ClNO2/c1-18-7-8(13)4-5-16-12(17)10-6-9(15)2-3-11(10)14/h2-3,6,8H,4-5,7H2,1H3,(H,16,17). The number of benzene rings is 1. The van der Waals surface area contributed by atoms with Crippen LogP contribution in [0.5, 0.6) is 0 Å². The molecule has 1 aromatic rings. The minimum atomic E-state index is -0.138. The highest BCUT2D eigenvalue weighted by atomic mass is 79.9. The highest BCUT2D eigenvalue weighted by Crippen LogP contribution is 2.21. The Balaban J connectivity index is 2.48. The van der Waals surface area contributed by atoms with Gasteiger partial charge in [0.25, 0.3) is 5.91 Å². The molecule has 18 heavy (non-hydrogen) atoms. The molecule has 6 heteroatoms. The van der Waals surface area contributed by atoms with Crippen molar-refractivity contribution in [1.82, 2.24) is 5.32 Å². The van der Waals surface area contributed by atoms with Crippen molar-refractivity contribution in [3.05, 3.63) is 33.3 Å². The highest BCUT2D eigenvalue weighted by Gasteiger charge is 2.11. The number of alkyl halides is 1. The lowest BCUT2D eigenvalue weighted by Crippen LogP contribution is -2.27. The average molecular weight is 400 g/mol. The minimum absolute atomic E-state index is 0.138. The Morgan fingerprint density at radius 3 is 2.94 bits per heavy atom. The molecule has 1 atom stereocenters. The number of ether oxygens (including phenoxy) is 1. The summed E-state index contributed by atoms with van der Waals surface area (Å²) in [5.74, 6) is -0.138. The monoisotopic (exact) mass is 397 g/mol. The van der Waals surface area contributed by atoms with Crippen molar-refractivity contribution in [1.29, 1.82) is 0 Å². The zero-order chi connectivity index (χ0) is 13.5. The van der Waals surface area contributed by atoms with Crippen molar-refractivity contribution >= 4 is 49.4 Å². The number of methoxy groups -OCH3 is 1. The number of nitrogens with one attached hydrogen (secondary N) is 1. The van der Waals surface area contributed by atoms with Gasteiger partial charge in [-0.1, -0.05) is 27.5 Å². The Morgan fingerprint density at radius 1 is 1.56 bits per heavy atom. The normalized spacial score (nSPS) is 12.2. The van der Waals surface area contributed by atoms with E-state index in [4.69, 9.17) is 16.3 Å². The molecule has 0 bridgehead atoms. The first-order valence-electron chi connectivity index (χ1n) is 5.41. The van der Waals surface area contributed by atoms with E-state index in [2.05, 4.69) is 37.2 Å². The largest absolute Gasteiger partial charge is 0.384 e. The predicted molar refractivity (Wildman–Crippen MR) is 80.7 cm³/mol. The summed E-state index contributed by atoms with van der Waals surface area (Å²) < 4.78 is 5.73. The summed E-state index contributed by atoms with van der Waals surface area (Å²) in [6.07, 6.45) is 0.803. The van der Waals surface area contributed by atoms with Gasteiger partial charge in [-0.05, 0) is 40.5 Å². The van der Waals surface area contributed by atoms with Crippen LogP contribution in [0, 0.1) is 0 Å². The van der Waals surface area contributed by atoms with Crippen LogP contribution < -0.4 is 5.32 Å². The van der Waals surface area contributed by atoms with Crippen LogP contribution in [0.1, 0.15) is 16.8 Å². The molecule has 0 saturated carbocycles. The van der Waals surface area contributed by atoms with Gasteiger partial charge in [0.2, 0.25) is 0 Å². The van der Waals surface area contributed by atoms with E-state index in [0.29, 0.717) is 23.7 Å². The van der Waals surface area contributed by atoms with Gasteiger partial charge >= 0.3 is 0 Å². The van der Waals surface area contributed by atoms with Crippen LogP contribution in [0.3, 0.4) is 0 Å². The number of rotatable bonds is 6. The minimum Gasteiger partial charge on any atom is -0.384 e. The number of carbonyl (C=O) groups excluding carboxylic acids is 1. The molecule has 1 amide bonds. The van der Waals surface area contributed by atoms with Crippen LogP contribution in [-0.4, -0.2) is 31.0 Å². The third-order valence-electron chi connectivity index (χ3n) is 2.26. The summed E-state index contributed by atoms with van der Waals surface area (Å²) in [5, 5.41) is 3.39. The fourth-order valence-electron chi connectivity index (χ4n) is 1.37. The lowest BCUT2D eigenvalue weighted by atomic mass is 10.2. The number of carbonyl (C=O) groups is 1. The predicted octanol–water partition coefficient (Wildman–Crippen LogP) is 3.63. The van der Waals surface area contributed by atoms with E-state index < -0.39 is 0 Å². The number of hydrogen-bond donors (Lipinski definition) is 1. The molecular weight excluding hydrogens is 385 g/mol. The first-order valence-corrected chi connectivity index (χ1v) is 7.49. The first kappa shape index (κ1) is 16.0. The molecule has 1 unspecified atom stereocenters. The average Bonchev–Trinajstić information content (AvgIpc) is 2.32. The third-order valence-corrected chi connectivity index (χ3v) is 3.91. The lowest BCUT2D eigenvalue weighted by Gasteiger charge is -2.10.